The second-order valence-electron chi connectivity index (χ2n) is 7.01. The lowest BCUT2D eigenvalue weighted by atomic mass is 10.2. The lowest BCUT2D eigenvalue weighted by Gasteiger charge is -2.20. The highest BCUT2D eigenvalue weighted by molar-refractivity contribution is 5.80. The molecular weight excluding hydrogens is 385 g/mol. The molecule has 30 heavy (non-hydrogen) atoms. The van der Waals surface area contributed by atoms with Gasteiger partial charge in [-0.15, -0.1) is 0 Å². The van der Waals surface area contributed by atoms with Gasteiger partial charge in [-0.25, -0.2) is 9.37 Å². The average molecular weight is 416 g/mol. The lowest BCUT2D eigenvalue weighted by Crippen LogP contribution is -2.44. The zero-order valence-electron chi connectivity index (χ0n) is 17.6. The minimum absolute atomic E-state index is 0.179. The molecule has 1 aromatic carbocycles. The average Bonchev–Trinajstić information content (AvgIpc) is 3.22. The number of para-hydroxylation sites is 1. The van der Waals surface area contributed by atoms with Crippen LogP contribution < -0.4 is 20.3 Å². The van der Waals surface area contributed by atoms with Gasteiger partial charge in [-0.1, -0.05) is 18.2 Å². The Morgan fingerprint density at radius 2 is 2.17 bits per heavy atom. The highest BCUT2D eigenvalue weighted by atomic mass is 19.1. The van der Waals surface area contributed by atoms with Crippen molar-refractivity contribution < 1.29 is 13.9 Å². The number of anilines is 1. The second kappa shape index (κ2) is 11.3. The van der Waals surface area contributed by atoms with Crippen LogP contribution in [0.5, 0.6) is 5.75 Å². The van der Waals surface area contributed by atoms with Crippen molar-refractivity contribution in [2.45, 2.75) is 26.0 Å². The minimum atomic E-state index is -0.286. The third-order valence-electron chi connectivity index (χ3n) is 4.87. The Labute approximate surface area is 177 Å². The van der Waals surface area contributed by atoms with E-state index >= 15 is 0 Å². The number of nitrogens with zero attached hydrogens (tertiary/aromatic N) is 3. The molecule has 0 saturated carbocycles. The molecule has 1 unspecified atom stereocenters. The van der Waals surface area contributed by atoms with E-state index in [-0.39, 0.29) is 11.9 Å². The smallest absolute Gasteiger partial charge is 0.191 e. The van der Waals surface area contributed by atoms with Crippen LogP contribution in [0, 0.1) is 5.82 Å². The maximum Gasteiger partial charge on any atom is 0.191 e. The van der Waals surface area contributed by atoms with E-state index in [1.165, 1.54) is 6.07 Å². The molecule has 2 aromatic rings. The summed E-state index contributed by atoms with van der Waals surface area (Å²) in [5.41, 5.74) is 1.02. The van der Waals surface area contributed by atoms with Crippen molar-refractivity contribution in [1.82, 2.24) is 15.6 Å². The number of guanidine groups is 1. The van der Waals surface area contributed by atoms with E-state index in [0.717, 1.165) is 36.8 Å². The molecule has 0 amide bonds. The van der Waals surface area contributed by atoms with E-state index < -0.39 is 0 Å². The lowest BCUT2D eigenvalue weighted by molar-refractivity contribution is 0.126. The molecule has 0 radical (unpaired) electrons. The first-order chi connectivity index (χ1) is 14.7. The van der Waals surface area contributed by atoms with E-state index in [1.54, 1.807) is 19.4 Å². The second-order valence-corrected chi connectivity index (χ2v) is 7.01. The number of methoxy groups -OCH3 is 1. The monoisotopic (exact) mass is 415 g/mol. The van der Waals surface area contributed by atoms with Gasteiger partial charge in [0, 0.05) is 37.4 Å². The van der Waals surface area contributed by atoms with Crippen LogP contribution in [0.3, 0.4) is 0 Å². The number of rotatable bonds is 9. The molecule has 3 rings (SSSR count). The summed E-state index contributed by atoms with van der Waals surface area (Å²) in [5.74, 6) is 1.69. The van der Waals surface area contributed by atoms with Gasteiger partial charge in [0.05, 0.1) is 26.9 Å². The standard InChI is InChI=1S/C22H30FN5O2/c1-3-24-22(26-12-14-30-16-17-7-4-5-9-20(17)29-2)27-18-10-13-28(15-18)21-19(23)8-6-11-25-21/h4-9,11,18H,3,10,12-16H2,1-2H3,(H2,24,26,27). The predicted molar refractivity (Wildman–Crippen MR) is 117 cm³/mol. The van der Waals surface area contributed by atoms with Gasteiger partial charge >= 0.3 is 0 Å². The number of aliphatic imine (C=N–C) groups is 1. The van der Waals surface area contributed by atoms with Crippen LogP contribution in [-0.4, -0.2) is 56.9 Å². The van der Waals surface area contributed by atoms with Gasteiger partial charge in [-0.3, -0.25) is 4.99 Å². The van der Waals surface area contributed by atoms with E-state index in [9.17, 15) is 4.39 Å². The van der Waals surface area contributed by atoms with Crippen molar-refractivity contribution in [3.05, 3.63) is 54.0 Å². The molecule has 162 valence electrons. The Balaban J connectivity index is 1.46. The number of hydrogen-bond donors (Lipinski definition) is 2. The first-order valence-corrected chi connectivity index (χ1v) is 10.3. The van der Waals surface area contributed by atoms with Crippen LogP contribution in [0.25, 0.3) is 0 Å². The number of ether oxygens (including phenoxy) is 2. The Hall–Kier alpha value is -2.87. The van der Waals surface area contributed by atoms with E-state index in [1.807, 2.05) is 36.1 Å². The zero-order valence-corrected chi connectivity index (χ0v) is 17.6. The number of pyridine rings is 1. The number of halogens is 1. The Morgan fingerprint density at radius 3 is 2.97 bits per heavy atom. The molecule has 7 nitrogen and oxygen atoms in total. The predicted octanol–water partition coefficient (Wildman–Crippen LogP) is 2.58. The van der Waals surface area contributed by atoms with Crippen LogP contribution >= 0.6 is 0 Å². The van der Waals surface area contributed by atoms with Crippen molar-refractivity contribution in [2.75, 3.05) is 44.8 Å². The molecule has 1 fully saturated rings. The van der Waals surface area contributed by atoms with Gasteiger partial charge in [-0.2, -0.15) is 0 Å². The Kier molecular flexibility index (Phi) is 8.26. The van der Waals surface area contributed by atoms with Crippen molar-refractivity contribution in [3.63, 3.8) is 0 Å². The van der Waals surface area contributed by atoms with Gasteiger partial charge in [0.25, 0.3) is 0 Å². The Bertz CT molecular complexity index is 833. The van der Waals surface area contributed by atoms with Crippen molar-refractivity contribution in [3.8, 4) is 5.75 Å². The van der Waals surface area contributed by atoms with Gasteiger partial charge < -0.3 is 25.0 Å². The number of hydrogen-bond acceptors (Lipinski definition) is 5. The molecule has 0 bridgehead atoms. The molecule has 2 heterocycles. The summed E-state index contributed by atoms with van der Waals surface area (Å²) in [6.07, 6.45) is 2.51. The fraction of sp³-hybridized carbons (Fsp3) is 0.455. The van der Waals surface area contributed by atoms with Gasteiger partial charge in [0.15, 0.2) is 17.6 Å². The molecular formula is C22H30FN5O2. The molecule has 0 aliphatic carbocycles. The summed E-state index contributed by atoms with van der Waals surface area (Å²) >= 11 is 0. The summed E-state index contributed by atoms with van der Waals surface area (Å²) in [6, 6.07) is 11.0. The maximum absolute atomic E-state index is 14.0. The first kappa shape index (κ1) is 21.8. The summed E-state index contributed by atoms with van der Waals surface area (Å²) in [4.78, 5) is 10.7. The fourth-order valence-electron chi connectivity index (χ4n) is 3.42. The molecule has 1 aliphatic rings. The van der Waals surface area contributed by atoms with Gasteiger partial charge in [0.1, 0.15) is 5.75 Å². The quantitative estimate of drug-likeness (QED) is 0.373. The van der Waals surface area contributed by atoms with Crippen LogP contribution in [0.2, 0.25) is 0 Å². The van der Waals surface area contributed by atoms with Crippen molar-refractivity contribution in [2.24, 2.45) is 4.99 Å². The molecule has 8 heteroatoms. The normalized spacial score (nSPS) is 16.6. The van der Waals surface area contributed by atoms with Crippen molar-refractivity contribution >= 4 is 11.8 Å². The maximum atomic E-state index is 14.0. The number of benzene rings is 1. The minimum Gasteiger partial charge on any atom is -0.496 e. The SMILES string of the molecule is CCNC(=NCCOCc1ccccc1OC)NC1CCN(c2ncccc2F)C1. The van der Waals surface area contributed by atoms with Crippen LogP contribution in [0.4, 0.5) is 10.2 Å². The molecule has 2 N–H and O–H groups in total. The number of nitrogens with one attached hydrogen (secondary N) is 2. The largest absolute Gasteiger partial charge is 0.496 e. The molecule has 1 aromatic heterocycles. The summed E-state index contributed by atoms with van der Waals surface area (Å²) in [5, 5.41) is 6.69. The van der Waals surface area contributed by atoms with Gasteiger partial charge in [0.2, 0.25) is 0 Å². The number of aromatic nitrogens is 1. The summed E-state index contributed by atoms with van der Waals surface area (Å²) in [6.45, 7) is 5.76. The molecule has 1 saturated heterocycles. The first-order valence-electron chi connectivity index (χ1n) is 10.3. The van der Waals surface area contributed by atoms with E-state index in [2.05, 4.69) is 20.6 Å². The zero-order chi connectivity index (χ0) is 21.2. The highest BCUT2D eigenvalue weighted by Crippen LogP contribution is 2.21. The fourth-order valence-corrected chi connectivity index (χ4v) is 3.42. The van der Waals surface area contributed by atoms with Crippen LogP contribution in [0.1, 0.15) is 18.9 Å². The summed E-state index contributed by atoms with van der Waals surface area (Å²) < 4.78 is 25.1. The molecule has 0 spiro atoms. The van der Waals surface area contributed by atoms with Crippen LogP contribution in [-0.2, 0) is 11.3 Å². The molecule has 1 atom stereocenters. The van der Waals surface area contributed by atoms with Crippen molar-refractivity contribution in [1.29, 1.82) is 0 Å². The van der Waals surface area contributed by atoms with Crippen LogP contribution in [0.15, 0.2) is 47.6 Å². The third kappa shape index (κ3) is 6.06. The summed E-state index contributed by atoms with van der Waals surface area (Å²) in [7, 11) is 1.66. The Morgan fingerprint density at radius 1 is 1.30 bits per heavy atom. The molecule has 1 aliphatic heterocycles. The third-order valence-corrected chi connectivity index (χ3v) is 4.87. The van der Waals surface area contributed by atoms with Gasteiger partial charge in [-0.05, 0) is 31.5 Å². The van der Waals surface area contributed by atoms with E-state index in [0.29, 0.717) is 32.1 Å². The topological polar surface area (TPSA) is 71.0 Å². The highest BCUT2D eigenvalue weighted by Gasteiger charge is 2.25. The van der Waals surface area contributed by atoms with E-state index in [4.69, 9.17) is 9.47 Å².